The molecular formula is C42H60Si6. The average molecular weight is 733 g/mol. The predicted octanol–water partition coefficient (Wildman–Crippen LogP) is 12.3. The van der Waals surface area contributed by atoms with E-state index in [4.69, 9.17) is 0 Å². The van der Waals surface area contributed by atoms with Gasteiger partial charge in [0.1, 0.15) is 0 Å². The van der Waals surface area contributed by atoms with E-state index < -0.39 is 42.7 Å². The van der Waals surface area contributed by atoms with E-state index >= 15 is 0 Å². The zero-order valence-corrected chi connectivity index (χ0v) is 36.6. The van der Waals surface area contributed by atoms with Crippen LogP contribution in [0, 0.1) is 0 Å². The molecule has 1 heterocycles. The highest BCUT2D eigenvalue weighted by Gasteiger charge is 2.91. The first-order valence-electron chi connectivity index (χ1n) is 19.6. The minimum atomic E-state index is -2.14. The van der Waals surface area contributed by atoms with E-state index in [0.717, 1.165) is 0 Å². The van der Waals surface area contributed by atoms with E-state index in [1.807, 2.05) is 0 Å². The molecule has 0 atom stereocenters. The number of hydrogen-bond donors (Lipinski definition) is 0. The van der Waals surface area contributed by atoms with Crippen molar-refractivity contribution >= 4 is 42.7 Å². The van der Waals surface area contributed by atoms with Crippen molar-refractivity contribution in [3.05, 3.63) is 146 Å². The third-order valence-electron chi connectivity index (χ3n) is 16.0. The van der Waals surface area contributed by atoms with Crippen LogP contribution in [0.4, 0.5) is 0 Å². The molecule has 0 nitrogen and oxygen atoms in total. The van der Waals surface area contributed by atoms with Gasteiger partial charge in [-0.05, 0) is 33.2 Å². The van der Waals surface area contributed by atoms with Gasteiger partial charge in [0.15, 0.2) is 0 Å². The standard InChI is InChI=1S/C42H60Si6/c1-7-43(37-25-13-14-26-37)44(8-2,38-27-15-16-28-38)46(10-4,40-31-19-20-32-40)48(12-6,42-35-23-24-36-42)47(11-5,41-33-21-22-34-41)45(43,9-3)39-29-17-18-30-39/h13-42H,7-12H2,1-6H3. The fraction of sp³-hybridized carbons (Fsp3) is 0.429. The van der Waals surface area contributed by atoms with Crippen LogP contribution in [0.3, 0.4) is 0 Å². The van der Waals surface area contributed by atoms with Crippen molar-refractivity contribution in [2.45, 2.75) is 111 Å². The summed E-state index contributed by atoms with van der Waals surface area (Å²) in [4.78, 5) is 0. The zero-order chi connectivity index (χ0) is 33.7. The molecule has 1 saturated heterocycles. The van der Waals surface area contributed by atoms with Crippen LogP contribution in [0.15, 0.2) is 146 Å². The van der Waals surface area contributed by atoms with Crippen LogP contribution in [0.1, 0.15) is 41.5 Å². The maximum absolute atomic E-state index is 2.83. The van der Waals surface area contributed by atoms with E-state index in [9.17, 15) is 0 Å². The molecule has 1 aliphatic heterocycles. The molecule has 7 aliphatic rings. The topological polar surface area (TPSA) is 0 Å². The van der Waals surface area contributed by atoms with Gasteiger partial charge in [0, 0.05) is 0 Å². The van der Waals surface area contributed by atoms with Crippen molar-refractivity contribution in [3.63, 3.8) is 0 Å². The fourth-order valence-electron chi connectivity index (χ4n) is 15.7. The lowest BCUT2D eigenvalue weighted by atomic mass is 10.5. The normalized spacial score (nSPS) is 40.6. The SMILES string of the molecule is CC[Si]1(C2C=CC=C2)[Si](CC)(C2C=CC=C2)[Si](CC)(C2C=CC=C2)[Si](CC)(C2C=CC=C2)[Si](CC)(C2C=CC=C2)[Si]1(CC)C1C=CC=C1. The predicted molar refractivity (Wildman–Crippen MR) is 230 cm³/mol. The fourth-order valence-corrected chi connectivity index (χ4v) is 281. The van der Waals surface area contributed by atoms with Crippen molar-refractivity contribution < 1.29 is 0 Å². The summed E-state index contributed by atoms with van der Waals surface area (Å²) in [7, 11) is -12.9. The molecule has 6 aliphatic carbocycles. The van der Waals surface area contributed by atoms with E-state index in [1.165, 1.54) is 36.3 Å². The minimum absolute atomic E-state index is 0.699. The molecule has 0 bridgehead atoms. The highest BCUT2D eigenvalue weighted by molar-refractivity contribution is 8.15. The van der Waals surface area contributed by atoms with Crippen LogP contribution >= 0.6 is 0 Å². The number of allylic oxidation sites excluding steroid dienone is 24. The van der Waals surface area contributed by atoms with Gasteiger partial charge in [0.2, 0.25) is 0 Å². The van der Waals surface area contributed by atoms with Crippen LogP contribution in [-0.2, 0) is 0 Å². The van der Waals surface area contributed by atoms with Crippen LogP contribution in [0.5, 0.6) is 0 Å². The molecule has 48 heavy (non-hydrogen) atoms. The molecule has 0 aromatic heterocycles. The third kappa shape index (κ3) is 3.75. The summed E-state index contributed by atoms with van der Waals surface area (Å²) in [6.07, 6.45) is 64.1. The van der Waals surface area contributed by atoms with Crippen LogP contribution in [0.25, 0.3) is 0 Å². The van der Waals surface area contributed by atoms with Gasteiger partial charge in [-0.15, -0.1) is 0 Å². The van der Waals surface area contributed by atoms with Gasteiger partial charge in [-0.25, -0.2) is 0 Å². The van der Waals surface area contributed by atoms with Crippen molar-refractivity contribution in [2.24, 2.45) is 0 Å². The molecule has 0 unspecified atom stereocenters. The summed E-state index contributed by atoms with van der Waals surface area (Å²) in [5.41, 5.74) is 4.19. The Kier molecular flexibility index (Phi) is 9.42. The molecule has 1 fully saturated rings. The zero-order valence-electron chi connectivity index (χ0n) is 30.6. The molecule has 6 heteroatoms. The van der Waals surface area contributed by atoms with Gasteiger partial charge in [-0.1, -0.05) is 224 Å². The maximum atomic E-state index is 2.83. The summed E-state index contributed by atoms with van der Waals surface area (Å²) in [6, 6.07) is 8.98. The summed E-state index contributed by atoms with van der Waals surface area (Å²) in [6.45, 7) is 16.8. The third-order valence-corrected chi connectivity index (χ3v) is 156. The Morgan fingerprint density at radius 1 is 0.229 bits per heavy atom. The van der Waals surface area contributed by atoms with Gasteiger partial charge in [-0.3, -0.25) is 0 Å². The highest BCUT2D eigenvalue weighted by atomic mass is 30.2. The molecule has 252 valence electrons. The lowest BCUT2D eigenvalue weighted by Crippen LogP contribution is -3.09. The summed E-state index contributed by atoms with van der Waals surface area (Å²) in [5, 5.41) is 0. The van der Waals surface area contributed by atoms with Crippen LogP contribution in [-0.4, -0.2) is 42.7 Å². The van der Waals surface area contributed by atoms with Crippen LogP contribution < -0.4 is 0 Å². The number of hydrogen-bond acceptors (Lipinski definition) is 0. The first kappa shape index (κ1) is 34.6. The quantitative estimate of drug-likeness (QED) is 0.175. The van der Waals surface area contributed by atoms with E-state index in [1.54, 1.807) is 0 Å². The number of rotatable bonds is 12. The molecule has 0 spiro atoms. The Balaban J connectivity index is 1.82. The van der Waals surface area contributed by atoms with Crippen LogP contribution in [0.2, 0.25) is 69.5 Å². The van der Waals surface area contributed by atoms with Crippen molar-refractivity contribution in [1.29, 1.82) is 0 Å². The van der Waals surface area contributed by atoms with Gasteiger partial charge < -0.3 is 0 Å². The van der Waals surface area contributed by atoms with Gasteiger partial charge in [0.25, 0.3) is 0 Å². The lowest BCUT2D eigenvalue weighted by molar-refractivity contribution is 1.12. The first-order valence-corrected chi connectivity index (χ1v) is 39.3. The molecule has 0 aromatic carbocycles. The molecule has 0 aromatic rings. The average Bonchev–Trinajstić information content (AvgIpc) is 3.98. The Morgan fingerprint density at radius 3 is 0.417 bits per heavy atom. The smallest absolute Gasteiger partial charge is 0.0515 e. The van der Waals surface area contributed by atoms with E-state index in [0.29, 0.717) is 33.2 Å². The second kappa shape index (κ2) is 13.1. The van der Waals surface area contributed by atoms with Crippen molar-refractivity contribution in [1.82, 2.24) is 0 Å². The second-order valence-electron chi connectivity index (χ2n) is 15.7. The highest BCUT2D eigenvalue weighted by Crippen LogP contribution is 2.74. The van der Waals surface area contributed by atoms with Gasteiger partial charge in [0.05, 0.1) is 42.7 Å². The largest absolute Gasteiger partial charge is 0.0809 e. The minimum Gasteiger partial charge on any atom is -0.0809 e. The molecule has 0 radical (unpaired) electrons. The van der Waals surface area contributed by atoms with E-state index in [2.05, 4.69) is 187 Å². The Hall–Kier alpha value is -1.82. The molecule has 0 N–H and O–H groups in total. The first-order chi connectivity index (χ1) is 23.5. The molecule has 0 amide bonds. The van der Waals surface area contributed by atoms with Gasteiger partial charge in [-0.2, -0.15) is 0 Å². The monoisotopic (exact) mass is 732 g/mol. The summed E-state index contributed by atoms with van der Waals surface area (Å²) in [5.74, 6) is 0. The van der Waals surface area contributed by atoms with Gasteiger partial charge >= 0.3 is 0 Å². The Bertz CT molecular complexity index is 1230. The second-order valence-corrected chi connectivity index (χ2v) is 76.7. The lowest BCUT2D eigenvalue weighted by Gasteiger charge is -2.84. The molecule has 0 saturated carbocycles. The Labute approximate surface area is 297 Å². The molecular weight excluding hydrogens is 673 g/mol. The summed E-state index contributed by atoms with van der Waals surface area (Å²) < 4.78 is 0. The van der Waals surface area contributed by atoms with Crippen molar-refractivity contribution in [3.8, 4) is 0 Å². The Morgan fingerprint density at radius 2 is 0.333 bits per heavy atom. The van der Waals surface area contributed by atoms with Crippen molar-refractivity contribution in [2.75, 3.05) is 0 Å². The van der Waals surface area contributed by atoms with E-state index in [-0.39, 0.29) is 0 Å². The molecule has 7 rings (SSSR count). The maximum Gasteiger partial charge on any atom is 0.0515 e. The summed E-state index contributed by atoms with van der Waals surface area (Å²) >= 11 is 0.